The third kappa shape index (κ3) is 1.90. The van der Waals surface area contributed by atoms with Crippen molar-refractivity contribution in [3.63, 3.8) is 0 Å². The van der Waals surface area contributed by atoms with Crippen molar-refractivity contribution in [3.8, 4) is 11.3 Å². The summed E-state index contributed by atoms with van der Waals surface area (Å²) in [6, 6.07) is 8.52. The van der Waals surface area contributed by atoms with E-state index in [-0.39, 0.29) is 0 Å². The Bertz CT molecular complexity index is 832. The van der Waals surface area contributed by atoms with Gasteiger partial charge in [0, 0.05) is 5.56 Å². The van der Waals surface area contributed by atoms with E-state index in [1.807, 2.05) is 0 Å². The van der Waals surface area contributed by atoms with Gasteiger partial charge in [0.15, 0.2) is 5.65 Å². The number of benzene rings is 1. The van der Waals surface area contributed by atoms with Crippen LogP contribution in [0.2, 0.25) is 0 Å². The summed E-state index contributed by atoms with van der Waals surface area (Å²) < 4.78 is 0. The molecule has 2 aromatic heterocycles. The van der Waals surface area contributed by atoms with Gasteiger partial charge in [-0.1, -0.05) is 23.8 Å². The molecule has 106 valence electrons. The summed E-state index contributed by atoms with van der Waals surface area (Å²) in [7, 11) is 0. The van der Waals surface area contributed by atoms with Crippen molar-refractivity contribution in [1.82, 2.24) is 15.2 Å². The summed E-state index contributed by atoms with van der Waals surface area (Å²) in [6.45, 7) is 2.11. The van der Waals surface area contributed by atoms with Gasteiger partial charge in [0.2, 0.25) is 0 Å². The SMILES string of the molecule is Cc1cccc(-c2nc3n[nH]c(N)c3c3c2CCCC3)c1. The molecule has 0 radical (unpaired) electrons. The van der Waals surface area contributed by atoms with Crippen LogP contribution in [-0.2, 0) is 12.8 Å². The number of aromatic amines is 1. The molecule has 1 aromatic carbocycles. The van der Waals surface area contributed by atoms with Crippen molar-refractivity contribution in [3.05, 3.63) is 41.0 Å². The molecule has 0 amide bonds. The molecule has 3 aromatic rings. The lowest BCUT2D eigenvalue weighted by Crippen LogP contribution is -2.08. The molecular weight excluding hydrogens is 260 g/mol. The van der Waals surface area contributed by atoms with Crippen LogP contribution < -0.4 is 5.73 Å². The maximum atomic E-state index is 6.06. The number of hydrogen-bond acceptors (Lipinski definition) is 3. The quantitative estimate of drug-likeness (QED) is 0.717. The Balaban J connectivity index is 2.05. The zero-order valence-electron chi connectivity index (χ0n) is 12.1. The minimum absolute atomic E-state index is 0.645. The highest BCUT2D eigenvalue weighted by atomic mass is 15.2. The molecule has 0 unspecified atom stereocenters. The van der Waals surface area contributed by atoms with E-state index in [2.05, 4.69) is 41.4 Å². The maximum Gasteiger partial charge on any atom is 0.183 e. The second-order valence-electron chi connectivity index (χ2n) is 5.83. The van der Waals surface area contributed by atoms with Crippen molar-refractivity contribution in [1.29, 1.82) is 0 Å². The summed E-state index contributed by atoms with van der Waals surface area (Å²) in [5, 5.41) is 8.18. The molecule has 0 aliphatic heterocycles. The van der Waals surface area contributed by atoms with Gasteiger partial charge in [-0.05, 0) is 49.8 Å². The molecule has 4 heteroatoms. The predicted octanol–water partition coefficient (Wildman–Crippen LogP) is 3.39. The van der Waals surface area contributed by atoms with Crippen LogP contribution in [0.25, 0.3) is 22.3 Å². The molecule has 4 nitrogen and oxygen atoms in total. The smallest absolute Gasteiger partial charge is 0.183 e. The molecular formula is C17H18N4. The Labute approximate surface area is 123 Å². The first kappa shape index (κ1) is 12.4. The van der Waals surface area contributed by atoms with Crippen LogP contribution in [0.1, 0.15) is 29.5 Å². The lowest BCUT2D eigenvalue weighted by atomic mass is 9.87. The number of pyridine rings is 1. The van der Waals surface area contributed by atoms with Crippen molar-refractivity contribution in [2.75, 3.05) is 5.73 Å². The molecule has 3 N–H and O–H groups in total. The standard InChI is InChI=1S/C17H18N4/c1-10-5-4-6-11(9-10)15-13-8-3-2-7-12(13)14-16(18)20-21-17(14)19-15/h4-6,9H,2-3,7-8H2,1H3,(H3,18,19,20,21). The highest BCUT2D eigenvalue weighted by molar-refractivity contribution is 5.93. The van der Waals surface area contributed by atoms with Crippen LogP contribution in [0.15, 0.2) is 24.3 Å². The Morgan fingerprint density at radius 1 is 1.14 bits per heavy atom. The Kier molecular flexibility index (Phi) is 2.70. The van der Waals surface area contributed by atoms with Crippen LogP contribution in [0.4, 0.5) is 5.82 Å². The van der Waals surface area contributed by atoms with E-state index in [4.69, 9.17) is 10.7 Å². The Morgan fingerprint density at radius 3 is 2.76 bits per heavy atom. The molecule has 0 spiro atoms. The van der Waals surface area contributed by atoms with E-state index in [0.29, 0.717) is 5.82 Å². The van der Waals surface area contributed by atoms with Crippen molar-refractivity contribution < 1.29 is 0 Å². The first-order valence-corrected chi connectivity index (χ1v) is 7.46. The molecule has 0 fully saturated rings. The second kappa shape index (κ2) is 4.58. The van der Waals surface area contributed by atoms with Crippen molar-refractivity contribution in [2.24, 2.45) is 0 Å². The van der Waals surface area contributed by atoms with Crippen LogP contribution in [0.3, 0.4) is 0 Å². The normalized spacial score (nSPS) is 14.3. The maximum absolute atomic E-state index is 6.06. The topological polar surface area (TPSA) is 67.6 Å². The summed E-state index contributed by atoms with van der Waals surface area (Å²) in [5.41, 5.74) is 13.0. The Hall–Kier alpha value is -2.36. The van der Waals surface area contributed by atoms with E-state index in [0.717, 1.165) is 29.6 Å². The summed E-state index contributed by atoms with van der Waals surface area (Å²) in [5.74, 6) is 0.645. The number of nitrogens with zero attached hydrogens (tertiary/aromatic N) is 2. The van der Waals surface area contributed by atoms with Gasteiger partial charge in [-0.3, -0.25) is 5.10 Å². The van der Waals surface area contributed by atoms with Gasteiger partial charge < -0.3 is 5.73 Å². The van der Waals surface area contributed by atoms with Crippen molar-refractivity contribution >= 4 is 16.9 Å². The number of rotatable bonds is 1. The number of nitrogen functional groups attached to an aromatic ring is 1. The number of hydrogen-bond donors (Lipinski definition) is 2. The average molecular weight is 278 g/mol. The predicted molar refractivity (Wildman–Crippen MR) is 85.1 cm³/mol. The summed E-state index contributed by atoms with van der Waals surface area (Å²) in [4.78, 5) is 4.80. The molecule has 1 aliphatic rings. The first-order valence-electron chi connectivity index (χ1n) is 7.46. The highest BCUT2D eigenvalue weighted by Gasteiger charge is 2.22. The minimum atomic E-state index is 0.645. The Morgan fingerprint density at radius 2 is 1.95 bits per heavy atom. The molecule has 2 heterocycles. The summed E-state index contributed by atoms with van der Waals surface area (Å²) in [6.07, 6.45) is 4.57. The van der Waals surface area contributed by atoms with E-state index < -0.39 is 0 Å². The highest BCUT2D eigenvalue weighted by Crippen LogP contribution is 2.36. The van der Waals surface area contributed by atoms with Gasteiger partial charge in [-0.25, -0.2) is 4.98 Å². The van der Waals surface area contributed by atoms with Gasteiger partial charge in [0.25, 0.3) is 0 Å². The number of fused-ring (bicyclic) bond motifs is 3. The lowest BCUT2D eigenvalue weighted by Gasteiger charge is -2.20. The fourth-order valence-corrected chi connectivity index (χ4v) is 3.37. The summed E-state index contributed by atoms with van der Waals surface area (Å²) >= 11 is 0. The number of aromatic nitrogens is 3. The minimum Gasteiger partial charge on any atom is -0.384 e. The molecule has 0 bridgehead atoms. The molecule has 4 rings (SSSR count). The van der Waals surface area contributed by atoms with Crippen molar-refractivity contribution in [2.45, 2.75) is 32.6 Å². The van der Waals surface area contributed by atoms with E-state index in [1.165, 1.54) is 35.1 Å². The number of anilines is 1. The monoisotopic (exact) mass is 278 g/mol. The lowest BCUT2D eigenvalue weighted by molar-refractivity contribution is 0.689. The van der Waals surface area contributed by atoms with Crippen LogP contribution in [-0.4, -0.2) is 15.2 Å². The van der Waals surface area contributed by atoms with Gasteiger partial charge in [-0.15, -0.1) is 0 Å². The molecule has 0 atom stereocenters. The third-order valence-corrected chi connectivity index (χ3v) is 4.34. The van der Waals surface area contributed by atoms with Crippen LogP contribution in [0, 0.1) is 6.92 Å². The molecule has 1 aliphatic carbocycles. The van der Waals surface area contributed by atoms with Gasteiger partial charge in [0.05, 0.1) is 11.1 Å². The number of nitrogens with one attached hydrogen (secondary N) is 1. The van der Waals surface area contributed by atoms with E-state index in [9.17, 15) is 0 Å². The third-order valence-electron chi connectivity index (χ3n) is 4.34. The van der Waals surface area contributed by atoms with Gasteiger partial charge in [0.1, 0.15) is 5.82 Å². The molecule has 0 saturated carbocycles. The number of nitrogens with two attached hydrogens (primary N) is 1. The fourth-order valence-electron chi connectivity index (χ4n) is 3.37. The number of aryl methyl sites for hydroxylation is 2. The largest absolute Gasteiger partial charge is 0.384 e. The zero-order valence-corrected chi connectivity index (χ0v) is 12.1. The van der Waals surface area contributed by atoms with Crippen LogP contribution in [0.5, 0.6) is 0 Å². The van der Waals surface area contributed by atoms with E-state index >= 15 is 0 Å². The van der Waals surface area contributed by atoms with Gasteiger partial charge >= 0.3 is 0 Å². The molecule has 21 heavy (non-hydrogen) atoms. The average Bonchev–Trinajstić information content (AvgIpc) is 2.88. The van der Waals surface area contributed by atoms with E-state index in [1.54, 1.807) is 0 Å². The fraction of sp³-hybridized carbons (Fsp3) is 0.294. The first-order chi connectivity index (χ1) is 10.2. The molecule has 0 saturated heterocycles. The van der Waals surface area contributed by atoms with Crippen LogP contribution >= 0.6 is 0 Å². The second-order valence-corrected chi connectivity index (χ2v) is 5.83. The zero-order chi connectivity index (χ0) is 14.4. The number of H-pyrrole nitrogens is 1. The van der Waals surface area contributed by atoms with Gasteiger partial charge in [-0.2, -0.15) is 5.10 Å².